The van der Waals surface area contributed by atoms with Gasteiger partial charge in [-0.3, -0.25) is 9.89 Å². The Morgan fingerprint density at radius 2 is 1.86 bits per heavy atom. The van der Waals surface area contributed by atoms with E-state index in [1.807, 2.05) is 25.7 Å². The third-order valence-corrected chi connectivity index (χ3v) is 5.81. The number of carbonyl (C=O) groups is 1. The van der Waals surface area contributed by atoms with E-state index in [1.54, 1.807) is 0 Å². The Bertz CT molecular complexity index is 550. The van der Waals surface area contributed by atoms with Gasteiger partial charge >= 0.3 is 6.09 Å². The molecule has 0 radical (unpaired) electrons. The molecule has 0 aromatic carbocycles. The Balaban J connectivity index is 1.83. The molecule has 1 amide bonds. The largest absolute Gasteiger partial charge is 0.444 e. The number of guanidine groups is 1. The van der Waals surface area contributed by atoms with Gasteiger partial charge in [-0.05, 0) is 66.2 Å². The Kier molecular flexibility index (Phi) is 8.61. The Morgan fingerprint density at radius 1 is 1.21 bits per heavy atom. The molecule has 2 saturated heterocycles. The lowest BCUT2D eigenvalue weighted by Crippen LogP contribution is -2.47. The maximum Gasteiger partial charge on any atom is 0.410 e. The summed E-state index contributed by atoms with van der Waals surface area (Å²) in [7, 11) is 0. The molecule has 0 saturated carbocycles. The minimum atomic E-state index is -0.437. The number of nitrogens with one attached hydrogen (secondary N) is 2. The minimum absolute atomic E-state index is 0.195. The first-order valence-electron chi connectivity index (χ1n) is 11.4. The summed E-state index contributed by atoms with van der Waals surface area (Å²) < 4.78 is 5.49. The van der Waals surface area contributed by atoms with E-state index >= 15 is 0 Å². The first kappa shape index (κ1) is 23.8. The van der Waals surface area contributed by atoms with Crippen LogP contribution in [0.3, 0.4) is 0 Å². The molecule has 2 N–H and O–H groups in total. The van der Waals surface area contributed by atoms with Gasteiger partial charge in [0, 0.05) is 51.4 Å². The van der Waals surface area contributed by atoms with Crippen LogP contribution in [0.1, 0.15) is 61.3 Å². The van der Waals surface area contributed by atoms with Crippen molar-refractivity contribution in [2.45, 2.75) is 79.0 Å². The first-order chi connectivity index (χ1) is 13.6. The maximum atomic E-state index is 12.2. The summed E-state index contributed by atoms with van der Waals surface area (Å²) in [6.45, 7) is 20.0. The monoisotopic (exact) mass is 409 g/mol. The maximum absolute atomic E-state index is 12.2. The normalized spacial score (nSPS) is 24.8. The number of hydrogen-bond acceptors (Lipinski definition) is 4. The molecule has 2 atom stereocenters. The third-order valence-electron chi connectivity index (χ3n) is 5.81. The van der Waals surface area contributed by atoms with Crippen molar-refractivity contribution in [2.75, 3.05) is 39.3 Å². The number of carbonyl (C=O) groups excluding carboxylic acids is 1. The molecule has 2 rings (SSSR count). The second kappa shape index (κ2) is 10.5. The topological polar surface area (TPSA) is 69.2 Å². The molecule has 2 aliphatic rings. The van der Waals surface area contributed by atoms with Gasteiger partial charge in [-0.1, -0.05) is 6.92 Å². The van der Waals surface area contributed by atoms with Crippen LogP contribution < -0.4 is 10.6 Å². The number of likely N-dealkylation sites (tertiary alicyclic amines) is 2. The fourth-order valence-corrected chi connectivity index (χ4v) is 3.95. The van der Waals surface area contributed by atoms with Crippen LogP contribution in [-0.4, -0.2) is 78.8 Å². The predicted octanol–water partition coefficient (Wildman–Crippen LogP) is 2.92. The van der Waals surface area contributed by atoms with Gasteiger partial charge in [0.25, 0.3) is 0 Å². The molecule has 2 aliphatic heterocycles. The zero-order valence-corrected chi connectivity index (χ0v) is 19.6. The molecule has 2 unspecified atom stereocenters. The Labute approximate surface area is 177 Å². The average Bonchev–Trinajstić information content (AvgIpc) is 3.00. The molecular formula is C22H43N5O2. The van der Waals surface area contributed by atoms with Gasteiger partial charge in [-0.15, -0.1) is 0 Å². The lowest BCUT2D eigenvalue weighted by Gasteiger charge is -2.33. The van der Waals surface area contributed by atoms with E-state index < -0.39 is 5.60 Å². The van der Waals surface area contributed by atoms with Crippen LogP contribution in [0.4, 0.5) is 4.79 Å². The molecule has 7 nitrogen and oxygen atoms in total. The van der Waals surface area contributed by atoms with Crippen molar-refractivity contribution < 1.29 is 9.53 Å². The lowest BCUT2D eigenvalue weighted by molar-refractivity contribution is 0.0187. The summed E-state index contributed by atoms with van der Waals surface area (Å²) in [6.07, 6.45) is 1.76. The zero-order valence-electron chi connectivity index (χ0n) is 19.6. The van der Waals surface area contributed by atoms with Gasteiger partial charge < -0.3 is 20.3 Å². The van der Waals surface area contributed by atoms with Gasteiger partial charge in [-0.2, -0.15) is 0 Å². The van der Waals surface area contributed by atoms with Crippen molar-refractivity contribution in [1.82, 2.24) is 20.4 Å². The highest BCUT2D eigenvalue weighted by atomic mass is 16.6. The molecule has 2 heterocycles. The Hall–Kier alpha value is -1.50. The van der Waals surface area contributed by atoms with Crippen LogP contribution in [0.25, 0.3) is 0 Å². The van der Waals surface area contributed by atoms with Crippen LogP contribution in [0.2, 0.25) is 0 Å². The van der Waals surface area contributed by atoms with Crippen molar-refractivity contribution >= 4 is 12.1 Å². The highest BCUT2D eigenvalue weighted by Crippen LogP contribution is 2.21. The van der Waals surface area contributed by atoms with Crippen molar-refractivity contribution in [2.24, 2.45) is 16.8 Å². The molecule has 2 fully saturated rings. The molecule has 0 bridgehead atoms. The van der Waals surface area contributed by atoms with E-state index in [0.29, 0.717) is 23.9 Å². The highest BCUT2D eigenvalue weighted by Gasteiger charge is 2.31. The van der Waals surface area contributed by atoms with Gasteiger partial charge in [-0.25, -0.2) is 4.79 Å². The molecule has 168 valence electrons. The second-order valence-corrected chi connectivity index (χ2v) is 9.91. The molecule has 0 aliphatic carbocycles. The highest BCUT2D eigenvalue weighted by molar-refractivity contribution is 5.80. The van der Waals surface area contributed by atoms with Crippen molar-refractivity contribution in [1.29, 1.82) is 0 Å². The summed E-state index contributed by atoms with van der Waals surface area (Å²) in [5.41, 5.74) is -0.437. The van der Waals surface area contributed by atoms with Crippen molar-refractivity contribution in [3.05, 3.63) is 0 Å². The van der Waals surface area contributed by atoms with Crippen LogP contribution in [0.15, 0.2) is 4.99 Å². The van der Waals surface area contributed by atoms with E-state index in [4.69, 9.17) is 9.73 Å². The summed E-state index contributed by atoms with van der Waals surface area (Å²) >= 11 is 0. The minimum Gasteiger partial charge on any atom is -0.444 e. The predicted molar refractivity (Wildman–Crippen MR) is 119 cm³/mol. The van der Waals surface area contributed by atoms with Crippen molar-refractivity contribution in [3.8, 4) is 0 Å². The summed E-state index contributed by atoms with van der Waals surface area (Å²) in [6, 6.07) is 1.02. The van der Waals surface area contributed by atoms with Crippen LogP contribution in [0, 0.1) is 11.8 Å². The number of nitrogens with zero attached hydrogens (tertiary/aromatic N) is 3. The van der Waals surface area contributed by atoms with E-state index in [-0.39, 0.29) is 6.09 Å². The third kappa shape index (κ3) is 7.68. The molecule has 29 heavy (non-hydrogen) atoms. The SMILES string of the molecule is CCNC(=NCC1CCN(C(=O)OC(C)(C)C)CC1)NC1CN(C(C)C)CC1C. The summed E-state index contributed by atoms with van der Waals surface area (Å²) in [5.74, 6) is 2.04. The summed E-state index contributed by atoms with van der Waals surface area (Å²) in [4.78, 5) is 21.5. The van der Waals surface area contributed by atoms with Crippen molar-refractivity contribution in [3.63, 3.8) is 0 Å². The number of hydrogen-bond donors (Lipinski definition) is 2. The van der Waals surface area contributed by atoms with Crippen LogP contribution >= 0.6 is 0 Å². The lowest BCUT2D eigenvalue weighted by atomic mass is 9.97. The van der Waals surface area contributed by atoms with E-state index in [2.05, 4.69) is 43.2 Å². The fourth-order valence-electron chi connectivity index (χ4n) is 3.95. The number of ether oxygens (including phenoxy) is 1. The first-order valence-corrected chi connectivity index (χ1v) is 11.4. The second-order valence-electron chi connectivity index (χ2n) is 9.91. The van der Waals surface area contributed by atoms with E-state index in [9.17, 15) is 4.79 Å². The standard InChI is InChI=1S/C22H43N5O2/c1-8-23-20(25-19-15-27(16(2)3)14-17(19)4)24-13-18-9-11-26(12-10-18)21(28)29-22(5,6)7/h16-19H,8-15H2,1-7H3,(H2,23,24,25). The molecule has 0 aromatic heterocycles. The summed E-state index contributed by atoms with van der Waals surface area (Å²) in [5, 5.41) is 7.06. The molecule has 7 heteroatoms. The molecule has 0 spiro atoms. The number of piperidine rings is 1. The van der Waals surface area contributed by atoms with Crippen LogP contribution in [0.5, 0.6) is 0 Å². The number of rotatable bonds is 5. The quantitative estimate of drug-likeness (QED) is 0.540. The molecular weight excluding hydrogens is 366 g/mol. The Morgan fingerprint density at radius 3 is 2.38 bits per heavy atom. The van der Waals surface area contributed by atoms with Gasteiger partial charge in [0.1, 0.15) is 5.60 Å². The fraction of sp³-hybridized carbons (Fsp3) is 0.909. The van der Waals surface area contributed by atoms with E-state index in [0.717, 1.165) is 58.1 Å². The average molecular weight is 410 g/mol. The van der Waals surface area contributed by atoms with Gasteiger partial charge in [0.2, 0.25) is 0 Å². The number of aliphatic imine (C=N–C) groups is 1. The smallest absolute Gasteiger partial charge is 0.410 e. The molecule has 0 aromatic rings. The zero-order chi connectivity index (χ0) is 21.6. The van der Waals surface area contributed by atoms with E-state index in [1.165, 1.54) is 0 Å². The van der Waals surface area contributed by atoms with Gasteiger partial charge in [0.05, 0.1) is 0 Å². The number of amides is 1. The van der Waals surface area contributed by atoms with Gasteiger partial charge in [0.15, 0.2) is 5.96 Å². The van der Waals surface area contributed by atoms with Crippen LogP contribution in [-0.2, 0) is 4.74 Å².